The van der Waals surface area contributed by atoms with E-state index in [2.05, 4.69) is 10.3 Å². The lowest BCUT2D eigenvalue weighted by molar-refractivity contribution is 0.102. The van der Waals surface area contributed by atoms with Crippen molar-refractivity contribution in [2.45, 2.75) is 20.3 Å². The van der Waals surface area contributed by atoms with Gasteiger partial charge in [-0.05, 0) is 37.6 Å². The van der Waals surface area contributed by atoms with Gasteiger partial charge in [-0.3, -0.25) is 4.79 Å². The molecular formula is C16H17ClN2O2. The molecule has 1 aromatic carbocycles. The summed E-state index contributed by atoms with van der Waals surface area (Å²) in [6.45, 7) is 4.40. The Bertz CT molecular complexity index is 644. The van der Waals surface area contributed by atoms with Crippen molar-refractivity contribution in [3.8, 4) is 5.75 Å². The van der Waals surface area contributed by atoms with Crippen LogP contribution < -0.4 is 10.1 Å². The number of nitrogens with one attached hydrogen (secondary N) is 1. The second-order valence-electron chi connectivity index (χ2n) is 4.41. The van der Waals surface area contributed by atoms with Crippen LogP contribution in [0, 0.1) is 0 Å². The maximum absolute atomic E-state index is 12.3. The predicted molar refractivity (Wildman–Crippen MR) is 84.2 cm³/mol. The average molecular weight is 305 g/mol. The molecular weight excluding hydrogens is 288 g/mol. The van der Waals surface area contributed by atoms with Crippen molar-refractivity contribution < 1.29 is 9.53 Å². The van der Waals surface area contributed by atoms with Crippen LogP contribution >= 0.6 is 11.6 Å². The highest BCUT2D eigenvalue weighted by Gasteiger charge is 2.11. The number of benzene rings is 1. The first-order valence-electron chi connectivity index (χ1n) is 6.83. The Kier molecular flexibility index (Phi) is 5.17. The van der Waals surface area contributed by atoms with Gasteiger partial charge in [-0.25, -0.2) is 4.98 Å². The fourth-order valence-electron chi connectivity index (χ4n) is 1.91. The van der Waals surface area contributed by atoms with Crippen LogP contribution in [0.25, 0.3) is 0 Å². The van der Waals surface area contributed by atoms with Crippen LogP contribution in [0.4, 0.5) is 5.69 Å². The molecule has 0 bridgehead atoms. The molecule has 2 aromatic rings. The fourth-order valence-corrected chi connectivity index (χ4v) is 2.14. The summed E-state index contributed by atoms with van der Waals surface area (Å²) in [5.41, 5.74) is 1.90. The van der Waals surface area contributed by atoms with E-state index in [1.54, 1.807) is 18.2 Å². The number of rotatable bonds is 5. The number of carbonyl (C=O) groups is 1. The van der Waals surface area contributed by atoms with Crippen molar-refractivity contribution in [3.05, 3.63) is 52.8 Å². The first-order valence-corrected chi connectivity index (χ1v) is 7.21. The molecule has 110 valence electrons. The summed E-state index contributed by atoms with van der Waals surface area (Å²) in [5.74, 6) is 0.408. The molecule has 0 atom stereocenters. The minimum Gasteiger partial charge on any atom is -0.492 e. The summed E-state index contributed by atoms with van der Waals surface area (Å²) < 4.78 is 5.49. The zero-order chi connectivity index (χ0) is 15.2. The highest BCUT2D eigenvalue weighted by atomic mass is 35.5. The van der Waals surface area contributed by atoms with Gasteiger partial charge in [-0.2, -0.15) is 0 Å². The van der Waals surface area contributed by atoms with E-state index in [9.17, 15) is 4.79 Å². The van der Waals surface area contributed by atoms with Gasteiger partial charge < -0.3 is 10.1 Å². The van der Waals surface area contributed by atoms with Crippen LogP contribution in [0.3, 0.4) is 0 Å². The van der Waals surface area contributed by atoms with Gasteiger partial charge in [0.1, 0.15) is 10.9 Å². The van der Waals surface area contributed by atoms with Gasteiger partial charge in [0.05, 0.1) is 12.3 Å². The smallest absolute Gasteiger partial charge is 0.255 e. The third-order valence-corrected chi connectivity index (χ3v) is 3.10. The van der Waals surface area contributed by atoms with E-state index in [4.69, 9.17) is 16.3 Å². The summed E-state index contributed by atoms with van der Waals surface area (Å²) in [5, 5.41) is 3.16. The van der Waals surface area contributed by atoms with Crippen molar-refractivity contribution in [3.63, 3.8) is 0 Å². The highest BCUT2D eigenvalue weighted by Crippen LogP contribution is 2.24. The second kappa shape index (κ2) is 7.09. The number of pyridine rings is 1. The van der Waals surface area contributed by atoms with Crippen molar-refractivity contribution >= 4 is 23.2 Å². The second-order valence-corrected chi connectivity index (χ2v) is 4.79. The van der Waals surface area contributed by atoms with Gasteiger partial charge in [0.2, 0.25) is 0 Å². The molecule has 0 saturated carbocycles. The molecule has 5 heteroatoms. The van der Waals surface area contributed by atoms with Crippen LogP contribution in [0.2, 0.25) is 5.15 Å². The third-order valence-electron chi connectivity index (χ3n) is 2.91. The normalized spacial score (nSPS) is 10.2. The summed E-state index contributed by atoms with van der Waals surface area (Å²) in [7, 11) is 0. The Hall–Kier alpha value is -2.07. The summed E-state index contributed by atoms with van der Waals surface area (Å²) in [4.78, 5) is 16.5. The molecule has 0 unspecified atom stereocenters. The van der Waals surface area contributed by atoms with Gasteiger partial charge in [-0.1, -0.05) is 30.7 Å². The molecule has 0 aliphatic heterocycles. The number of aryl methyl sites for hydroxylation is 1. The van der Waals surface area contributed by atoms with E-state index in [0.29, 0.717) is 28.8 Å². The van der Waals surface area contributed by atoms with E-state index in [0.717, 1.165) is 12.1 Å². The number of carbonyl (C=O) groups excluding carboxylic acids is 1. The quantitative estimate of drug-likeness (QED) is 0.851. The number of nitrogens with zero attached hydrogens (tertiary/aromatic N) is 1. The largest absolute Gasteiger partial charge is 0.492 e. The SMILES string of the molecule is CCOc1ccccc1NC(=O)c1cc(Cl)nc(CC)c1. The lowest BCUT2D eigenvalue weighted by Gasteiger charge is -2.11. The number of aromatic nitrogens is 1. The molecule has 0 spiro atoms. The summed E-state index contributed by atoms with van der Waals surface area (Å²) >= 11 is 5.94. The molecule has 0 fully saturated rings. The number of hydrogen-bond acceptors (Lipinski definition) is 3. The van der Waals surface area contributed by atoms with Crippen molar-refractivity contribution in [1.82, 2.24) is 4.98 Å². The first-order chi connectivity index (χ1) is 10.1. The topological polar surface area (TPSA) is 51.2 Å². The third kappa shape index (κ3) is 3.95. The van der Waals surface area contributed by atoms with Crippen LogP contribution in [-0.4, -0.2) is 17.5 Å². The van der Waals surface area contributed by atoms with E-state index in [1.165, 1.54) is 0 Å². The molecule has 0 aliphatic rings. The Morgan fingerprint density at radius 3 is 2.76 bits per heavy atom. The maximum atomic E-state index is 12.3. The molecule has 1 amide bonds. The van der Waals surface area contributed by atoms with E-state index in [-0.39, 0.29) is 5.91 Å². The van der Waals surface area contributed by atoms with Crippen LogP contribution in [0.1, 0.15) is 29.9 Å². The van der Waals surface area contributed by atoms with Crippen molar-refractivity contribution in [1.29, 1.82) is 0 Å². The number of ether oxygens (including phenoxy) is 1. The number of hydrogen-bond donors (Lipinski definition) is 1. The first kappa shape index (κ1) is 15.3. The summed E-state index contributed by atoms with van der Waals surface area (Å²) in [6.07, 6.45) is 0.719. The highest BCUT2D eigenvalue weighted by molar-refractivity contribution is 6.29. The molecule has 4 nitrogen and oxygen atoms in total. The molecule has 1 aromatic heterocycles. The van der Waals surface area contributed by atoms with Gasteiger partial charge in [0.25, 0.3) is 5.91 Å². The number of amides is 1. The zero-order valence-electron chi connectivity index (χ0n) is 12.0. The van der Waals surface area contributed by atoms with Crippen LogP contribution in [-0.2, 0) is 6.42 Å². The van der Waals surface area contributed by atoms with E-state index < -0.39 is 0 Å². The fraction of sp³-hybridized carbons (Fsp3) is 0.250. The minimum absolute atomic E-state index is 0.235. The Morgan fingerprint density at radius 1 is 1.29 bits per heavy atom. The molecule has 1 N–H and O–H groups in total. The van der Waals surface area contributed by atoms with E-state index in [1.807, 2.05) is 32.0 Å². The Morgan fingerprint density at radius 2 is 2.05 bits per heavy atom. The lowest BCUT2D eigenvalue weighted by atomic mass is 10.2. The molecule has 1 heterocycles. The monoisotopic (exact) mass is 304 g/mol. The zero-order valence-corrected chi connectivity index (χ0v) is 12.8. The minimum atomic E-state index is -0.235. The van der Waals surface area contributed by atoms with Crippen molar-refractivity contribution in [2.75, 3.05) is 11.9 Å². The Balaban J connectivity index is 2.24. The standard InChI is InChI=1S/C16H17ClN2O2/c1-3-12-9-11(10-15(17)18-12)16(20)19-13-7-5-6-8-14(13)21-4-2/h5-10H,3-4H2,1-2H3,(H,19,20). The lowest BCUT2D eigenvalue weighted by Crippen LogP contribution is -2.13. The number of halogens is 1. The van der Waals surface area contributed by atoms with E-state index >= 15 is 0 Å². The Labute approximate surface area is 129 Å². The average Bonchev–Trinajstić information content (AvgIpc) is 2.48. The van der Waals surface area contributed by atoms with Gasteiger partial charge >= 0.3 is 0 Å². The number of anilines is 1. The molecule has 21 heavy (non-hydrogen) atoms. The van der Waals surface area contributed by atoms with Gasteiger partial charge in [0, 0.05) is 11.3 Å². The molecule has 2 rings (SSSR count). The summed E-state index contributed by atoms with van der Waals surface area (Å²) in [6, 6.07) is 10.6. The molecule has 0 radical (unpaired) electrons. The number of para-hydroxylation sites is 2. The predicted octanol–water partition coefficient (Wildman–Crippen LogP) is 3.95. The van der Waals surface area contributed by atoms with Gasteiger partial charge in [-0.15, -0.1) is 0 Å². The van der Waals surface area contributed by atoms with Crippen molar-refractivity contribution in [2.24, 2.45) is 0 Å². The van der Waals surface area contributed by atoms with Crippen LogP contribution in [0.5, 0.6) is 5.75 Å². The molecule has 0 saturated heterocycles. The maximum Gasteiger partial charge on any atom is 0.255 e. The molecule has 0 aliphatic carbocycles. The van der Waals surface area contributed by atoms with Gasteiger partial charge in [0.15, 0.2) is 0 Å². The van der Waals surface area contributed by atoms with Crippen LogP contribution in [0.15, 0.2) is 36.4 Å².